The summed E-state index contributed by atoms with van der Waals surface area (Å²) in [5, 5.41) is 14.1. The number of nitrogens with one attached hydrogen (secondary N) is 1. The maximum absolute atomic E-state index is 11.1. The van der Waals surface area contributed by atoms with Gasteiger partial charge in [0, 0.05) is 23.8 Å². The molecule has 1 heterocycles. The molecular formula is C15H20N2O3S. The van der Waals surface area contributed by atoms with Crippen LogP contribution in [0.5, 0.6) is 0 Å². The van der Waals surface area contributed by atoms with Gasteiger partial charge in [0.2, 0.25) is 5.91 Å². The van der Waals surface area contributed by atoms with Crippen LogP contribution in [0.1, 0.15) is 45.2 Å². The van der Waals surface area contributed by atoms with Gasteiger partial charge < -0.3 is 10.4 Å². The van der Waals surface area contributed by atoms with Crippen LogP contribution in [0.4, 0.5) is 5.13 Å². The lowest BCUT2D eigenvalue weighted by Crippen LogP contribution is -2.34. The molecule has 0 radical (unpaired) electrons. The van der Waals surface area contributed by atoms with Gasteiger partial charge in [-0.05, 0) is 18.8 Å². The van der Waals surface area contributed by atoms with Crippen LogP contribution in [0.2, 0.25) is 0 Å². The van der Waals surface area contributed by atoms with E-state index in [1.54, 1.807) is 6.08 Å². The molecule has 114 valence electrons. The van der Waals surface area contributed by atoms with Crippen LogP contribution in [0.3, 0.4) is 0 Å². The first-order chi connectivity index (χ1) is 9.91. The number of aliphatic carboxylic acids is 1. The standard InChI is InChI=1S/C15H20N2O3S/c1-10(18)16-14-17-12(9-21-14)15(2)8-4-3-5-11(15)6-7-13(19)20/h6-7,9,11H,3-5,8H2,1-2H3,(H,19,20)(H,16,17,18)/b7-6+. The average Bonchev–Trinajstić information content (AvgIpc) is 2.86. The van der Waals surface area contributed by atoms with E-state index >= 15 is 0 Å². The second kappa shape index (κ2) is 6.39. The summed E-state index contributed by atoms with van der Waals surface area (Å²) < 4.78 is 0. The topological polar surface area (TPSA) is 79.3 Å². The summed E-state index contributed by atoms with van der Waals surface area (Å²) in [6.07, 6.45) is 7.18. The molecule has 1 aromatic rings. The van der Waals surface area contributed by atoms with Crippen molar-refractivity contribution in [1.29, 1.82) is 0 Å². The fourth-order valence-electron chi connectivity index (χ4n) is 2.93. The van der Waals surface area contributed by atoms with E-state index in [4.69, 9.17) is 5.11 Å². The predicted molar refractivity (Wildman–Crippen MR) is 82.5 cm³/mol. The average molecular weight is 308 g/mol. The summed E-state index contributed by atoms with van der Waals surface area (Å²) in [5.74, 6) is -0.887. The number of hydrogen-bond acceptors (Lipinski definition) is 4. The van der Waals surface area contributed by atoms with Gasteiger partial charge in [-0.15, -0.1) is 11.3 Å². The molecule has 0 aliphatic heterocycles. The van der Waals surface area contributed by atoms with Gasteiger partial charge in [0.05, 0.1) is 5.69 Å². The van der Waals surface area contributed by atoms with E-state index < -0.39 is 5.97 Å². The van der Waals surface area contributed by atoms with Crippen molar-refractivity contribution in [2.75, 3.05) is 5.32 Å². The van der Waals surface area contributed by atoms with E-state index in [-0.39, 0.29) is 17.2 Å². The number of carboxylic acid groups (broad SMARTS) is 1. The van der Waals surface area contributed by atoms with Crippen molar-refractivity contribution >= 4 is 28.3 Å². The number of anilines is 1. The number of rotatable bonds is 4. The van der Waals surface area contributed by atoms with E-state index in [1.165, 1.54) is 24.3 Å². The maximum atomic E-state index is 11.1. The highest BCUT2D eigenvalue weighted by Crippen LogP contribution is 2.44. The summed E-state index contributed by atoms with van der Waals surface area (Å²) >= 11 is 1.41. The second-order valence-corrected chi connectivity index (χ2v) is 6.54. The highest BCUT2D eigenvalue weighted by atomic mass is 32.1. The zero-order valence-corrected chi connectivity index (χ0v) is 13.1. The van der Waals surface area contributed by atoms with E-state index in [9.17, 15) is 9.59 Å². The lowest BCUT2D eigenvalue weighted by molar-refractivity contribution is -0.131. The van der Waals surface area contributed by atoms with Crippen LogP contribution >= 0.6 is 11.3 Å². The minimum atomic E-state index is -0.917. The molecule has 6 heteroatoms. The third kappa shape index (κ3) is 3.69. The number of carboxylic acids is 1. The van der Waals surface area contributed by atoms with Crippen molar-refractivity contribution in [1.82, 2.24) is 4.98 Å². The zero-order chi connectivity index (χ0) is 15.5. The number of carbonyl (C=O) groups excluding carboxylic acids is 1. The Morgan fingerprint density at radius 3 is 2.95 bits per heavy atom. The number of allylic oxidation sites excluding steroid dienone is 1. The molecule has 2 atom stereocenters. The molecule has 1 fully saturated rings. The van der Waals surface area contributed by atoms with Gasteiger partial charge in [0.15, 0.2) is 5.13 Å². The van der Waals surface area contributed by atoms with Gasteiger partial charge in [0.25, 0.3) is 0 Å². The van der Waals surface area contributed by atoms with E-state index in [1.807, 2.05) is 5.38 Å². The molecule has 0 bridgehead atoms. The van der Waals surface area contributed by atoms with Crippen molar-refractivity contribution in [3.8, 4) is 0 Å². The number of amides is 1. The van der Waals surface area contributed by atoms with E-state index in [2.05, 4.69) is 17.2 Å². The molecule has 2 rings (SSSR count). The maximum Gasteiger partial charge on any atom is 0.327 e. The Labute approximate surface area is 128 Å². The Morgan fingerprint density at radius 1 is 1.52 bits per heavy atom. The monoisotopic (exact) mass is 308 g/mol. The summed E-state index contributed by atoms with van der Waals surface area (Å²) in [5.41, 5.74) is 0.772. The Balaban J connectivity index is 2.25. The third-order valence-corrected chi connectivity index (χ3v) is 4.88. The van der Waals surface area contributed by atoms with E-state index in [0.29, 0.717) is 5.13 Å². The summed E-state index contributed by atoms with van der Waals surface area (Å²) in [7, 11) is 0. The summed E-state index contributed by atoms with van der Waals surface area (Å²) in [6, 6.07) is 0. The number of aromatic nitrogens is 1. The van der Waals surface area contributed by atoms with Crippen LogP contribution < -0.4 is 5.32 Å². The lowest BCUT2D eigenvalue weighted by Gasteiger charge is -2.39. The molecule has 1 aliphatic rings. The van der Waals surface area contributed by atoms with Crippen molar-refractivity contribution < 1.29 is 14.7 Å². The molecule has 2 unspecified atom stereocenters. The minimum absolute atomic E-state index is 0.132. The second-order valence-electron chi connectivity index (χ2n) is 5.69. The molecule has 5 nitrogen and oxygen atoms in total. The van der Waals surface area contributed by atoms with Gasteiger partial charge in [-0.2, -0.15) is 0 Å². The smallest absolute Gasteiger partial charge is 0.327 e. The van der Waals surface area contributed by atoms with Gasteiger partial charge in [-0.25, -0.2) is 9.78 Å². The largest absolute Gasteiger partial charge is 0.478 e. The molecule has 0 spiro atoms. The molecule has 1 aliphatic carbocycles. The number of carbonyl (C=O) groups is 2. The highest BCUT2D eigenvalue weighted by molar-refractivity contribution is 7.13. The molecule has 0 aromatic carbocycles. The fraction of sp³-hybridized carbons (Fsp3) is 0.533. The molecular weight excluding hydrogens is 288 g/mol. The molecule has 1 amide bonds. The normalized spacial score (nSPS) is 25.9. The molecule has 2 N–H and O–H groups in total. The first-order valence-electron chi connectivity index (χ1n) is 7.06. The number of thiazole rings is 1. The highest BCUT2D eigenvalue weighted by Gasteiger charge is 2.38. The Bertz CT molecular complexity index is 567. The summed E-state index contributed by atoms with van der Waals surface area (Å²) in [6.45, 7) is 3.59. The lowest BCUT2D eigenvalue weighted by atomic mass is 9.66. The third-order valence-electron chi connectivity index (χ3n) is 4.12. The predicted octanol–water partition coefficient (Wildman–Crippen LogP) is 3.19. The molecule has 0 saturated heterocycles. The minimum Gasteiger partial charge on any atom is -0.478 e. The number of hydrogen-bond donors (Lipinski definition) is 2. The van der Waals surface area contributed by atoms with Gasteiger partial charge in [-0.3, -0.25) is 4.79 Å². The Morgan fingerprint density at radius 2 is 2.29 bits per heavy atom. The van der Waals surface area contributed by atoms with E-state index in [0.717, 1.165) is 31.4 Å². The Hall–Kier alpha value is -1.69. The van der Waals surface area contributed by atoms with Crippen molar-refractivity contribution in [3.63, 3.8) is 0 Å². The van der Waals surface area contributed by atoms with Crippen LogP contribution in [0, 0.1) is 5.92 Å². The quantitative estimate of drug-likeness (QED) is 0.837. The first-order valence-corrected chi connectivity index (χ1v) is 7.94. The fourth-order valence-corrected chi connectivity index (χ4v) is 3.83. The molecule has 1 aromatic heterocycles. The van der Waals surface area contributed by atoms with Crippen LogP contribution in [0.25, 0.3) is 0 Å². The van der Waals surface area contributed by atoms with Crippen molar-refractivity contribution in [2.24, 2.45) is 5.92 Å². The van der Waals surface area contributed by atoms with Crippen LogP contribution in [-0.2, 0) is 15.0 Å². The van der Waals surface area contributed by atoms with Crippen LogP contribution in [-0.4, -0.2) is 22.0 Å². The molecule has 1 saturated carbocycles. The first kappa shape index (κ1) is 15.7. The SMILES string of the molecule is CC(=O)Nc1nc(C2(C)CCCCC2/C=C/C(=O)O)cs1. The van der Waals surface area contributed by atoms with Gasteiger partial charge >= 0.3 is 5.97 Å². The van der Waals surface area contributed by atoms with Gasteiger partial charge in [-0.1, -0.05) is 25.8 Å². The molecule has 21 heavy (non-hydrogen) atoms. The number of nitrogens with zero attached hydrogens (tertiary/aromatic N) is 1. The van der Waals surface area contributed by atoms with Crippen LogP contribution in [0.15, 0.2) is 17.5 Å². The summed E-state index contributed by atoms with van der Waals surface area (Å²) in [4.78, 5) is 26.4. The van der Waals surface area contributed by atoms with Gasteiger partial charge in [0.1, 0.15) is 0 Å². The van der Waals surface area contributed by atoms with Crippen molar-refractivity contribution in [2.45, 2.75) is 44.9 Å². The Kier molecular flexibility index (Phi) is 4.77. The van der Waals surface area contributed by atoms with Crippen molar-refractivity contribution in [3.05, 3.63) is 23.2 Å². The zero-order valence-electron chi connectivity index (χ0n) is 12.3.